The summed E-state index contributed by atoms with van der Waals surface area (Å²) in [5.41, 5.74) is 0.652. The molecule has 0 spiro atoms. The van der Waals surface area contributed by atoms with Gasteiger partial charge in [0.2, 0.25) is 0 Å². The Hall–Kier alpha value is -1.33. The number of methoxy groups -OCH3 is 1. The average molecular weight is 268 g/mol. The van der Waals surface area contributed by atoms with Gasteiger partial charge in [-0.2, -0.15) is 0 Å². The van der Waals surface area contributed by atoms with Crippen LogP contribution in [0, 0.1) is 5.82 Å². The number of benzene rings is 1. The third kappa shape index (κ3) is 4.08. The Morgan fingerprint density at radius 1 is 1.42 bits per heavy atom. The normalized spacial score (nSPS) is 17.4. The molecule has 0 amide bonds. The van der Waals surface area contributed by atoms with Crippen LogP contribution in [0.2, 0.25) is 0 Å². The fourth-order valence-electron chi connectivity index (χ4n) is 2.34. The molecule has 0 aliphatic carbocycles. The minimum atomic E-state index is -0.441. The van der Waals surface area contributed by atoms with Crippen LogP contribution in [0.5, 0.6) is 5.75 Å². The van der Waals surface area contributed by atoms with Gasteiger partial charge in [-0.05, 0) is 38.1 Å². The van der Waals surface area contributed by atoms with Crippen molar-refractivity contribution in [3.63, 3.8) is 0 Å². The van der Waals surface area contributed by atoms with Crippen LogP contribution in [0.15, 0.2) is 18.2 Å². The van der Waals surface area contributed by atoms with E-state index in [-0.39, 0.29) is 5.75 Å². The first-order valence-corrected chi connectivity index (χ1v) is 6.67. The number of rotatable bonds is 6. The molecule has 1 unspecified atom stereocenters. The molecule has 1 saturated heterocycles. The zero-order valence-corrected chi connectivity index (χ0v) is 11.2. The van der Waals surface area contributed by atoms with Crippen LogP contribution in [-0.2, 0) is 0 Å². The second-order valence-electron chi connectivity index (χ2n) is 4.89. The van der Waals surface area contributed by atoms with E-state index < -0.39 is 11.9 Å². The summed E-state index contributed by atoms with van der Waals surface area (Å²) in [6.07, 6.45) is 1.98. The van der Waals surface area contributed by atoms with Crippen LogP contribution in [0.1, 0.15) is 12.8 Å². The fourth-order valence-corrected chi connectivity index (χ4v) is 2.34. The van der Waals surface area contributed by atoms with Crippen LogP contribution in [-0.4, -0.2) is 49.4 Å². The molecule has 1 heterocycles. The monoisotopic (exact) mass is 268 g/mol. The zero-order chi connectivity index (χ0) is 13.7. The third-order valence-corrected chi connectivity index (χ3v) is 3.36. The first kappa shape index (κ1) is 14.1. The highest BCUT2D eigenvalue weighted by molar-refractivity contribution is 5.47. The van der Waals surface area contributed by atoms with Crippen LogP contribution in [0.25, 0.3) is 0 Å². The molecule has 2 N–H and O–H groups in total. The standard InChI is InChI=1S/C14H21FN2O2/c1-19-14-5-4-11(8-13(14)15)16-9-12(18)10-17-6-2-3-7-17/h4-5,8,12,16,18H,2-3,6-7,9-10H2,1H3. The highest BCUT2D eigenvalue weighted by Gasteiger charge is 2.15. The van der Waals surface area contributed by atoms with Gasteiger partial charge in [0.05, 0.1) is 13.2 Å². The lowest BCUT2D eigenvalue weighted by Gasteiger charge is -2.20. The van der Waals surface area contributed by atoms with Gasteiger partial charge < -0.3 is 20.1 Å². The molecular formula is C14H21FN2O2. The van der Waals surface area contributed by atoms with Crippen molar-refractivity contribution in [2.24, 2.45) is 0 Å². The van der Waals surface area contributed by atoms with Crippen LogP contribution in [0.4, 0.5) is 10.1 Å². The van der Waals surface area contributed by atoms with E-state index in [1.54, 1.807) is 12.1 Å². The number of aliphatic hydroxyl groups excluding tert-OH is 1. The van der Waals surface area contributed by atoms with Gasteiger partial charge in [-0.15, -0.1) is 0 Å². The molecule has 4 nitrogen and oxygen atoms in total. The minimum Gasteiger partial charge on any atom is -0.494 e. The largest absolute Gasteiger partial charge is 0.494 e. The number of ether oxygens (including phenoxy) is 1. The van der Waals surface area contributed by atoms with Crippen LogP contribution >= 0.6 is 0 Å². The molecule has 5 heteroatoms. The molecule has 1 aromatic rings. The van der Waals surface area contributed by atoms with Crippen molar-refractivity contribution in [3.8, 4) is 5.75 Å². The van der Waals surface area contributed by atoms with E-state index in [2.05, 4.69) is 10.2 Å². The summed E-state index contributed by atoms with van der Waals surface area (Å²) in [6.45, 7) is 3.22. The molecule has 106 valence electrons. The maximum absolute atomic E-state index is 13.5. The number of β-amino-alcohol motifs (C(OH)–C–C–N with tert-alkyl or cyclic N) is 1. The van der Waals surface area contributed by atoms with Crippen molar-refractivity contribution in [1.29, 1.82) is 0 Å². The number of anilines is 1. The molecule has 0 radical (unpaired) electrons. The Morgan fingerprint density at radius 2 is 2.16 bits per heavy atom. The molecule has 0 aromatic heterocycles. The Bertz CT molecular complexity index is 408. The summed E-state index contributed by atoms with van der Waals surface area (Å²) < 4.78 is 18.3. The Balaban J connectivity index is 1.79. The number of halogens is 1. The molecule has 1 aromatic carbocycles. The summed E-state index contributed by atoms with van der Waals surface area (Å²) in [4.78, 5) is 2.25. The quantitative estimate of drug-likeness (QED) is 0.824. The first-order valence-electron chi connectivity index (χ1n) is 6.67. The molecule has 1 aliphatic heterocycles. The topological polar surface area (TPSA) is 44.7 Å². The average Bonchev–Trinajstić information content (AvgIpc) is 2.89. The molecule has 1 fully saturated rings. The highest BCUT2D eigenvalue weighted by atomic mass is 19.1. The first-order chi connectivity index (χ1) is 9.19. The van der Waals surface area contributed by atoms with Crippen molar-refractivity contribution < 1.29 is 14.2 Å². The molecule has 0 bridgehead atoms. The summed E-state index contributed by atoms with van der Waals surface area (Å²) in [5.74, 6) is -0.176. The van der Waals surface area contributed by atoms with Crippen molar-refractivity contribution in [3.05, 3.63) is 24.0 Å². The van der Waals surface area contributed by atoms with E-state index in [0.717, 1.165) is 13.1 Å². The van der Waals surface area contributed by atoms with Gasteiger partial charge >= 0.3 is 0 Å². The lowest BCUT2D eigenvalue weighted by molar-refractivity contribution is 0.135. The van der Waals surface area contributed by atoms with E-state index in [9.17, 15) is 9.50 Å². The molecule has 1 atom stereocenters. The lowest BCUT2D eigenvalue weighted by atomic mass is 10.2. The maximum atomic E-state index is 13.5. The van der Waals surface area contributed by atoms with E-state index in [1.165, 1.54) is 26.0 Å². The summed E-state index contributed by atoms with van der Waals surface area (Å²) in [6, 6.07) is 4.69. The lowest BCUT2D eigenvalue weighted by Crippen LogP contribution is -2.34. The SMILES string of the molecule is COc1ccc(NCC(O)CN2CCCC2)cc1F. The molecule has 0 saturated carbocycles. The van der Waals surface area contributed by atoms with Gasteiger partial charge in [0.15, 0.2) is 11.6 Å². The van der Waals surface area contributed by atoms with Crippen LogP contribution < -0.4 is 10.1 Å². The predicted octanol–water partition coefficient (Wildman–Crippen LogP) is 1.70. The van der Waals surface area contributed by atoms with E-state index in [0.29, 0.717) is 18.8 Å². The third-order valence-electron chi connectivity index (χ3n) is 3.36. The Kier molecular flexibility index (Phi) is 4.99. The predicted molar refractivity (Wildman–Crippen MR) is 73.1 cm³/mol. The van der Waals surface area contributed by atoms with Crippen molar-refractivity contribution in [2.45, 2.75) is 18.9 Å². The zero-order valence-electron chi connectivity index (χ0n) is 11.2. The van der Waals surface area contributed by atoms with Crippen molar-refractivity contribution >= 4 is 5.69 Å². The molecule has 19 heavy (non-hydrogen) atoms. The number of likely N-dealkylation sites (tertiary alicyclic amines) is 1. The summed E-state index contributed by atoms with van der Waals surface area (Å²) in [7, 11) is 1.44. The number of nitrogens with zero attached hydrogens (tertiary/aromatic N) is 1. The molecule has 2 rings (SSSR count). The van der Waals surface area contributed by atoms with Gasteiger partial charge in [-0.25, -0.2) is 4.39 Å². The summed E-state index contributed by atoms with van der Waals surface area (Å²) in [5, 5.41) is 13.0. The van der Waals surface area contributed by atoms with E-state index in [4.69, 9.17) is 4.74 Å². The summed E-state index contributed by atoms with van der Waals surface area (Å²) >= 11 is 0. The van der Waals surface area contributed by atoms with E-state index >= 15 is 0 Å². The van der Waals surface area contributed by atoms with Crippen molar-refractivity contribution in [2.75, 3.05) is 38.6 Å². The number of nitrogens with one attached hydrogen (secondary N) is 1. The fraction of sp³-hybridized carbons (Fsp3) is 0.571. The second-order valence-corrected chi connectivity index (χ2v) is 4.89. The minimum absolute atomic E-state index is 0.225. The van der Waals surface area contributed by atoms with E-state index in [1.807, 2.05) is 0 Å². The molecule has 1 aliphatic rings. The second kappa shape index (κ2) is 6.73. The number of hydrogen-bond donors (Lipinski definition) is 2. The van der Waals surface area contributed by atoms with Crippen molar-refractivity contribution in [1.82, 2.24) is 4.90 Å². The van der Waals surface area contributed by atoms with Gasteiger partial charge in [-0.3, -0.25) is 0 Å². The van der Waals surface area contributed by atoms with Gasteiger partial charge in [0, 0.05) is 24.8 Å². The maximum Gasteiger partial charge on any atom is 0.167 e. The Labute approximate surface area is 113 Å². The van der Waals surface area contributed by atoms with Gasteiger partial charge in [0.25, 0.3) is 0 Å². The van der Waals surface area contributed by atoms with Crippen LogP contribution in [0.3, 0.4) is 0 Å². The Morgan fingerprint density at radius 3 is 2.79 bits per heavy atom. The highest BCUT2D eigenvalue weighted by Crippen LogP contribution is 2.20. The number of hydrogen-bond acceptors (Lipinski definition) is 4. The van der Waals surface area contributed by atoms with Gasteiger partial charge in [-0.1, -0.05) is 0 Å². The molecular weight excluding hydrogens is 247 g/mol. The van der Waals surface area contributed by atoms with Gasteiger partial charge in [0.1, 0.15) is 0 Å². The number of aliphatic hydroxyl groups is 1. The smallest absolute Gasteiger partial charge is 0.167 e.